The van der Waals surface area contributed by atoms with Gasteiger partial charge in [0.05, 0.1) is 24.1 Å². The van der Waals surface area contributed by atoms with Gasteiger partial charge in [-0.1, -0.05) is 0 Å². The Labute approximate surface area is 141 Å². The van der Waals surface area contributed by atoms with Gasteiger partial charge >= 0.3 is 6.09 Å². The van der Waals surface area contributed by atoms with Gasteiger partial charge in [-0.2, -0.15) is 0 Å². The van der Waals surface area contributed by atoms with Gasteiger partial charge in [0.1, 0.15) is 11.4 Å². The summed E-state index contributed by atoms with van der Waals surface area (Å²) in [5, 5.41) is 0. The largest absolute Gasteiger partial charge is 0.444 e. The molecule has 24 heavy (non-hydrogen) atoms. The average Bonchev–Trinajstić information content (AvgIpc) is 2.91. The van der Waals surface area contributed by atoms with Crippen LogP contribution in [0.3, 0.4) is 0 Å². The summed E-state index contributed by atoms with van der Waals surface area (Å²) in [6, 6.07) is 3.07. The van der Waals surface area contributed by atoms with Crippen molar-refractivity contribution < 1.29 is 18.7 Å². The SMILES string of the molecule is CC(C)(C)OC(=O)N1CCC2(C=C(c3ccc(F)cn3)CO2)CC1. The lowest BCUT2D eigenvalue weighted by molar-refractivity contribution is -0.0318. The second-order valence-corrected chi connectivity index (χ2v) is 7.35. The van der Waals surface area contributed by atoms with E-state index < -0.39 is 5.60 Å². The number of halogens is 1. The molecule has 1 spiro atoms. The van der Waals surface area contributed by atoms with E-state index in [2.05, 4.69) is 11.1 Å². The van der Waals surface area contributed by atoms with E-state index in [0.717, 1.165) is 24.1 Å². The van der Waals surface area contributed by atoms with Crippen molar-refractivity contribution in [1.82, 2.24) is 9.88 Å². The van der Waals surface area contributed by atoms with Crippen molar-refractivity contribution in [2.75, 3.05) is 19.7 Å². The fourth-order valence-corrected chi connectivity index (χ4v) is 3.02. The number of ether oxygens (including phenoxy) is 2. The highest BCUT2D eigenvalue weighted by Gasteiger charge is 2.40. The van der Waals surface area contributed by atoms with Crippen LogP contribution in [0.5, 0.6) is 0 Å². The van der Waals surface area contributed by atoms with Crippen LogP contribution in [0.1, 0.15) is 39.3 Å². The molecule has 1 amide bonds. The monoisotopic (exact) mass is 334 g/mol. The molecule has 0 aromatic carbocycles. The first-order valence-corrected chi connectivity index (χ1v) is 8.22. The minimum absolute atomic E-state index is 0.278. The molecule has 0 aliphatic carbocycles. The quantitative estimate of drug-likeness (QED) is 0.790. The van der Waals surface area contributed by atoms with Gasteiger partial charge in [0.25, 0.3) is 0 Å². The zero-order valence-electron chi connectivity index (χ0n) is 14.3. The fraction of sp³-hybridized carbons (Fsp3) is 0.556. The van der Waals surface area contributed by atoms with Crippen molar-refractivity contribution in [1.29, 1.82) is 0 Å². The predicted octanol–water partition coefficient (Wildman–Crippen LogP) is 3.40. The van der Waals surface area contributed by atoms with E-state index >= 15 is 0 Å². The zero-order valence-corrected chi connectivity index (χ0v) is 14.3. The lowest BCUT2D eigenvalue weighted by atomic mass is 9.90. The van der Waals surface area contributed by atoms with E-state index in [-0.39, 0.29) is 17.5 Å². The molecule has 3 heterocycles. The first-order valence-electron chi connectivity index (χ1n) is 8.22. The molecule has 0 N–H and O–H groups in total. The summed E-state index contributed by atoms with van der Waals surface area (Å²) in [5.41, 5.74) is 0.866. The Bertz CT molecular complexity index is 641. The molecule has 0 saturated carbocycles. The highest BCUT2D eigenvalue weighted by molar-refractivity contribution is 5.69. The molecule has 5 nitrogen and oxygen atoms in total. The van der Waals surface area contributed by atoms with Crippen LogP contribution in [-0.2, 0) is 9.47 Å². The average molecular weight is 334 g/mol. The molecular weight excluding hydrogens is 311 g/mol. The summed E-state index contributed by atoms with van der Waals surface area (Å²) >= 11 is 0. The van der Waals surface area contributed by atoms with Gasteiger partial charge in [-0.15, -0.1) is 0 Å². The number of piperidine rings is 1. The third-order valence-electron chi connectivity index (χ3n) is 4.27. The van der Waals surface area contributed by atoms with Crippen molar-refractivity contribution >= 4 is 11.7 Å². The highest BCUT2D eigenvalue weighted by atomic mass is 19.1. The van der Waals surface area contributed by atoms with Gasteiger partial charge in [0, 0.05) is 18.7 Å². The smallest absolute Gasteiger partial charge is 0.410 e. The minimum Gasteiger partial charge on any atom is -0.444 e. The van der Waals surface area contributed by atoms with Crippen molar-refractivity contribution in [2.24, 2.45) is 0 Å². The Balaban J connectivity index is 1.64. The Hall–Kier alpha value is -1.95. The number of pyridine rings is 1. The van der Waals surface area contributed by atoms with Crippen molar-refractivity contribution in [3.8, 4) is 0 Å². The summed E-state index contributed by atoms with van der Waals surface area (Å²) in [5.74, 6) is -0.348. The van der Waals surface area contributed by atoms with E-state index in [9.17, 15) is 9.18 Å². The van der Waals surface area contributed by atoms with Crippen LogP contribution in [-0.4, -0.2) is 46.9 Å². The number of nitrogens with zero attached hydrogens (tertiary/aromatic N) is 2. The maximum absolute atomic E-state index is 13.0. The van der Waals surface area contributed by atoms with Crippen molar-refractivity contribution in [3.05, 3.63) is 35.9 Å². The number of hydrogen-bond donors (Lipinski definition) is 0. The predicted molar refractivity (Wildman–Crippen MR) is 87.9 cm³/mol. The number of carbonyl (C=O) groups is 1. The van der Waals surface area contributed by atoms with E-state index in [1.165, 1.54) is 12.3 Å². The Morgan fingerprint density at radius 3 is 2.62 bits per heavy atom. The second-order valence-electron chi connectivity index (χ2n) is 7.35. The summed E-state index contributed by atoms with van der Waals surface area (Å²) in [6.07, 6.45) is 4.46. The molecule has 0 radical (unpaired) electrons. The molecule has 6 heteroatoms. The van der Waals surface area contributed by atoms with E-state index in [1.54, 1.807) is 11.0 Å². The van der Waals surface area contributed by atoms with E-state index in [0.29, 0.717) is 19.7 Å². The highest BCUT2D eigenvalue weighted by Crippen LogP contribution is 2.37. The zero-order chi connectivity index (χ0) is 17.4. The Morgan fingerprint density at radius 1 is 1.33 bits per heavy atom. The van der Waals surface area contributed by atoms with E-state index in [4.69, 9.17) is 9.47 Å². The molecule has 3 rings (SSSR count). The molecule has 1 fully saturated rings. The summed E-state index contributed by atoms with van der Waals surface area (Å²) < 4.78 is 24.4. The van der Waals surface area contributed by atoms with Gasteiger partial charge in [-0.05, 0) is 51.8 Å². The number of aromatic nitrogens is 1. The van der Waals surface area contributed by atoms with Gasteiger partial charge in [-0.25, -0.2) is 9.18 Å². The fourth-order valence-electron chi connectivity index (χ4n) is 3.02. The lowest BCUT2D eigenvalue weighted by Gasteiger charge is -2.38. The van der Waals surface area contributed by atoms with Gasteiger partial charge in [0.15, 0.2) is 0 Å². The summed E-state index contributed by atoms with van der Waals surface area (Å²) in [6.45, 7) is 7.24. The molecule has 130 valence electrons. The van der Waals surface area contributed by atoms with Crippen molar-refractivity contribution in [2.45, 2.75) is 44.8 Å². The molecular formula is C18H23FN2O3. The molecule has 2 aliphatic rings. The van der Waals surface area contributed by atoms with Crippen LogP contribution in [0.4, 0.5) is 9.18 Å². The normalized spacial score (nSPS) is 20.2. The molecule has 1 aromatic rings. The number of likely N-dealkylation sites (tertiary alicyclic amines) is 1. The summed E-state index contributed by atoms with van der Waals surface area (Å²) in [7, 11) is 0. The molecule has 1 aromatic heterocycles. The number of carbonyl (C=O) groups excluding carboxylic acids is 1. The standard InChI is InChI=1S/C18H23FN2O3/c1-17(2,3)24-16(22)21-8-6-18(7-9-21)10-13(12-23-18)15-5-4-14(19)11-20-15/h4-5,10-11H,6-9,12H2,1-3H3. The van der Waals surface area contributed by atoms with Crippen LogP contribution in [0.25, 0.3) is 5.57 Å². The van der Waals surface area contributed by atoms with Crippen LogP contribution < -0.4 is 0 Å². The maximum Gasteiger partial charge on any atom is 0.410 e. The maximum atomic E-state index is 13.0. The molecule has 1 saturated heterocycles. The minimum atomic E-state index is -0.489. The van der Waals surface area contributed by atoms with Crippen LogP contribution in [0.2, 0.25) is 0 Å². The first-order chi connectivity index (χ1) is 11.3. The van der Waals surface area contributed by atoms with Gasteiger partial charge < -0.3 is 14.4 Å². The van der Waals surface area contributed by atoms with E-state index in [1.807, 2.05) is 20.8 Å². The third kappa shape index (κ3) is 3.75. The summed E-state index contributed by atoms with van der Waals surface area (Å²) in [4.78, 5) is 18.0. The molecule has 0 atom stereocenters. The second kappa shape index (κ2) is 6.16. The Kier molecular flexibility index (Phi) is 4.34. The topological polar surface area (TPSA) is 51.7 Å². The Morgan fingerprint density at radius 2 is 2.04 bits per heavy atom. The third-order valence-corrected chi connectivity index (χ3v) is 4.27. The molecule has 0 bridgehead atoms. The number of hydrogen-bond acceptors (Lipinski definition) is 4. The van der Waals surface area contributed by atoms with Gasteiger partial charge in [-0.3, -0.25) is 4.98 Å². The van der Waals surface area contributed by atoms with Crippen LogP contribution in [0.15, 0.2) is 24.4 Å². The molecule has 2 aliphatic heterocycles. The van der Waals surface area contributed by atoms with Gasteiger partial charge in [0.2, 0.25) is 0 Å². The van der Waals surface area contributed by atoms with Crippen LogP contribution >= 0.6 is 0 Å². The van der Waals surface area contributed by atoms with Crippen molar-refractivity contribution in [3.63, 3.8) is 0 Å². The lowest BCUT2D eigenvalue weighted by Crippen LogP contribution is -2.47. The number of amides is 1. The first kappa shape index (κ1) is 16.9. The number of rotatable bonds is 1. The molecule has 0 unspecified atom stereocenters. The van der Waals surface area contributed by atoms with Crippen LogP contribution in [0, 0.1) is 5.82 Å².